The zero-order valence-electron chi connectivity index (χ0n) is 11.5. The second kappa shape index (κ2) is 6.41. The molecule has 0 aromatic carbocycles. The molecule has 1 N–H and O–H groups in total. The van der Waals surface area contributed by atoms with Crippen molar-refractivity contribution in [1.29, 1.82) is 0 Å². The number of aryl methyl sites for hydroxylation is 2. The molecule has 4 heteroatoms. The van der Waals surface area contributed by atoms with Gasteiger partial charge in [-0.25, -0.2) is 0 Å². The highest BCUT2D eigenvalue weighted by Gasteiger charge is 2.19. The summed E-state index contributed by atoms with van der Waals surface area (Å²) in [6, 6.07) is 0.456. The molecule has 0 fully saturated rings. The highest BCUT2D eigenvalue weighted by molar-refractivity contribution is 6.31. The number of nitrogens with one attached hydrogen (secondary N) is 1. The van der Waals surface area contributed by atoms with E-state index in [1.54, 1.807) is 0 Å². The number of aromatic nitrogens is 2. The SMILES string of the molecule is CCNC(Cc1c(Cl)c(CC)nn1C)C(C)C. The minimum absolute atomic E-state index is 0.456. The Morgan fingerprint density at radius 1 is 1.35 bits per heavy atom. The standard InChI is InChI=1S/C13H24ClN3/c1-6-10-13(14)12(17(5)16-10)8-11(9(3)4)15-7-2/h9,11,15H,6-8H2,1-5H3. The average Bonchev–Trinajstić information content (AvgIpc) is 2.55. The Labute approximate surface area is 110 Å². The van der Waals surface area contributed by atoms with Crippen molar-refractivity contribution in [1.82, 2.24) is 15.1 Å². The molecule has 1 atom stereocenters. The number of hydrogen-bond acceptors (Lipinski definition) is 2. The van der Waals surface area contributed by atoms with Crippen LogP contribution in [0.15, 0.2) is 0 Å². The molecule has 1 aromatic rings. The third-order valence-corrected chi connectivity index (χ3v) is 3.62. The lowest BCUT2D eigenvalue weighted by molar-refractivity contribution is 0.397. The normalized spacial score (nSPS) is 13.4. The van der Waals surface area contributed by atoms with E-state index in [9.17, 15) is 0 Å². The lowest BCUT2D eigenvalue weighted by atomic mass is 9.99. The van der Waals surface area contributed by atoms with E-state index in [0.717, 1.165) is 35.8 Å². The number of halogens is 1. The molecule has 1 aromatic heterocycles. The van der Waals surface area contributed by atoms with Crippen molar-refractivity contribution >= 4 is 11.6 Å². The second-order valence-electron chi connectivity index (χ2n) is 4.80. The summed E-state index contributed by atoms with van der Waals surface area (Å²) in [7, 11) is 1.98. The van der Waals surface area contributed by atoms with Crippen molar-refractivity contribution in [2.75, 3.05) is 6.54 Å². The molecular weight excluding hydrogens is 234 g/mol. The molecule has 0 aliphatic heterocycles. The maximum atomic E-state index is 6.37. The summed E-state index contributed by atoms with van der Waals surface area (Å²) in [5.41, 5.74) is 2.14. The van der Waals surface area contributed by atoms with Crippen molar-refractivity contribution in [3.8, 4) is 0 Å². The molecule has 98 valence electrons. The molecule has 1 unspecified atom stereocenters. The fraction of sp³-hybridized carbons (Fsp3) is 0.769. The van der Waals surface area contributed by atoms with Gasteiger partial charge in [0.1, 0.15) is 0 Å². The van der Waals surface area contributed by atoms with E-state index in [4.69, 9.17) is 11.6 Å². The van der Waals surface area contributed by atoms with E-state index in [0.29, 0.717) is 12.0 Å². The monoisotopic (exact) mass is 257 g/mol. The Morgan fingerprint density at radius 2 is 2.00 bits per heavy atom. The van der Waals surface area contributed by atoms with Gasteiger partial charge in [-0.15, -0.1) is 0 Å². The molecule has 0 amide bonds. The summed E-state index contributed by atoms with van der Waals surface area (Å²) < 4.78 is 1.92. The van der Waals surface area contributed by atoms with Crippen molar-refractivity contribution in [3.63, 3.8) is 0 Å². The quantitative estimate of drug-likeness (QED) is 0.849. The largest absolute Gasteiger partial charge is 0.314 e. The fourth-order valence-electron chi connectivity index (χ4n) is 2.06. The molecule has 1 heterocycles. The van der Waals surface area contributed by atoms with Crippen LogP contribution in [0, 0.1) is 5.92 Å². The van der Waals surface area contributed by atoms with Gasteiger partial charge in [-0.2, -0.15) is 5.10 Å². The van der Waals surface area contributed by atoms with Crippen LogP contribution < -0.4 is 5.32 Å². The Morgan fingerprint density at radius 3 is 2.41 bits per heavy atom. The molecular formula is C13H24ClN3. The average molecular weight is 258 g/mol. The number of hydrogen-bond donors (Lipinski definition) is 1. The van der Waals surface area contributed by atoms with Gasteiger partial charge in [-0.05, 0) is 18.9 Å². The third-order valence-electron chi connectivity index (χ3n) is 3.19. The van der Waals surface area contributed by atoms with Crippen molar-refractivity contribution in [2.24, 2.45) is 13.0 Å². The lowest BCUT2D eigenvalue weighted by Gasteiger charge is -2.21. The van der Waals surface area contributed by atoms with Gasteiger partial charge in [0.2, 0.25) is 0 Å². The summed E-state index contributed by atoms with van der Waals surface area (Å²) in [5.74, 6) is 0.589. The van der Waals surface area contributed by atoms with Gasteiger partial charge in [-0.3, -0.25) is 4.68 Å². The first-order valence-electron chi connectivity index (χ1n) is 6.44. The van der Waals surface area contributed by atoms with Gasteiger partial charge < -0.3 is 5.32 Å². The van der Waals surface area contributed by atoms with Crippen LogP contribution in [0.1, 0.15) is 39.1 Å². The van der Waals surface area contributed by atoms with Gasteiger partial charge >= 0.3 is 0 Å². The minimum atomic E-state index is 0.456. The fourth-order valence-corrected chi connectivity index (χ4v) is 2.43. The zero-order valence-corrected chi connectivity index (χ0v) is 12.3. The zero-order chi connectivity index (χ0) is 13.0. The van der Waals surface area contributed by atoms with Crippen LogP contribution in [0.4, 0.5) is 0 Å². The molecule has 3 nitrogen and oxygen atoms in total. The van der Waals surface area contributed by atoms with Crippen LogP contribution in [0.2, 0.25) is 5.02 Å². The third kappa shape index (κ3) is 3.46. The van der Waals surface area contributed by atoms with Gasteiger partial charge in [0.25, 0.3) is 0 Å². The summed E-state index contributed by atoms with van der Waals surface area (Å²) in [6.07, 6.45) is 1.83. The van der Waals surface area contributed by atoms with E-state index >= 15 is 0 Å². The Bertz CT molecular complexity index is 358. The number of rotatable bonds is 6. The van der Waals surface area contributed by atoms with Crippen molar-refractivity contribution < 1.29 is 0 Å². The van der Waals surface area contributed by atoms with Crippen LogP contribution in [-0.4, -0.2) is 22.4 Å². The first kappa shape index (κ1) is 14.5. The maximum Gasteiger partial charge on any atom is 0.0850 e. The molecule has 0 saturated carbocycles. The highest BCUT2D eigenvalue weighted by atomic mass is 35.5. The molecule has 0 bridgehead atoms. The van der Waals surface area contributed by atoms with Crippen molar-refractivity contribution in [3.05, 3.63) is 16.4 Å². The Hall–Kier alpha value is -0.540. The molecule has 0 saturated heterocycles. The Balaban J connectivity index is 2.88. The summed E-state index contributed by atoms with van der Waals surface area (Å²) in [6.45, 7) is 9.68. The predicted octanol–water partition coefficient (Wildman–Crippen LogP) is 2.81. The maximum absolute atomic E-state index is 6.37. The molecule has 0 aliphatic rings. The molecule has 17 heavy (non-hydrogen) atoms. The summed E-state index contributed by atoms with van der Waals surface area (Å²) in [5, 5.41) is 8.82. The van der Waals surface area contributed by atoms with Crippen molar-refractivity contribution in [2.45, 2.75) is 46.6 Å². The predicted molar refractivity (Wildman–Crippen MR) is 73.6 cm³/mol. The van der Waals surface area contributed by atoms with Crippen LogP contribution in [0.25, 0.3) is 0 Å². The van der Waals surface area contributed by atoms with Crippen LogP contribution in [-0.2, 0) is 19.9 Å². The first-order chi connectivity index (χ1) is 8.01. The van der Waals surface area contributed by atoms with Gasteiger partial charge in [-0.1, -0.05) is 39.3 Å². The Kier molecular flexibility index (Phi) is 5.47. The van der Waals surface area contributed by atoms with Gasteiger partial charge in [0.15, 0.2) is 0 Å². The minimum Gasteiger partial charge on any atom is -0.314 e. The molecule has 1 rings (SSSR count). The molecule has 0 radical (unpaired) electrons. The van der Waals surface area contributed by atoms with Crippen LogP contribution >= 0.6 is 11.6 Å². The van der Waals surface area contributed by atoms with E-state index in [2.05, 4.69) is 38.1 Å². The summed E-state index contributed by atoms with van der Waals surface area (Å²) in [4.78, 5) is 0. The van der Waals surface area contributed by atoms with E-state index in [1.165, 1.54) is 0 Å². The molecule has 0 spiro atoms. The van der Waals surface area contributed by atoms with E-state index in [1.807, 2.05) is 11.7 Å². The second-order valence-corrected chi connectivity index (χ2v) is 5.17. The van der Waals surface area contributed by atoms with Gasteiger partial charge in [0, 0.05) is 19.5 Å². The van der Waals surface area contributed by atoms with E-state index < -0.39 is 0 Å². The lowest BCUT2D eigenvalue weighted by Crippen LogP contribution is -2.36. The molecule has 0 aliphatic carbocycles. The first-order valence-corrected chi connectivity index (χ1v) is 6.82. The van der Waals surface area contributed by atoms with Crippen LogP contribution in [0.5, 0.6) is 0 Å². The smallest absolute Gasteiger partial charge is 0.0850 e. The number of nitrogens with zero attached hydrogens (tertiary/aromatic N) is 2. The topological polar surface area (TPSA) is 29.9 Å². The van der Waals surface area contributed by atoms with Crippen LogP contribution in [0.3, 0.4) is 0 Å². The van der Waals surface area contributed by atoms with Gasteiger partial charge in [0.05, 0.1) is 16.4 Å². The van der Waals surface area contributed by atoms with E-state index in [-0.39, 0.29) is 0 Å². The number of likely N-dealkylation sites (N-methyl/N-ethyl adjacent to an activating group) is 1. The highest BCUT2D eigenvalue weighted by Crippen LogP contribution is 2.23. The summed E-state index contributed by atoms with van der Waals surface area (Å²) >= 11 is 6.37.